The van der Waals surface area contributed by atoms with Crippen molar-refractivity contribution in [3.05, 3.63) is 48.0 Å². The molecule has 11 heteroatoms. The number of amides is 1. The van der Waals surface area contributed by atoms with E-state index in [1.165, 1.54) is 10.7 Å². The maximum atomic E-state index is 14.5. The summed E-state index contributed by atoms with van der Waals surface area (Å²) in [5, 5.41) is 21.1. The third kappa shape index (κ3) is 4.60. The Morgan fingerprint density at radius 3 is 2.89 bits per heavy atom. The summed E-state index contributed by atoms with van der Waals surface area (Å²) in [5.41, 5.74) is 7.74. The predicted molar refractivity (Wildman–Crippen MR) is 130 cm³/mol. The number of hydrogen-bond donors (Lipinski definition) is 4. The van der Waals surface area contributed by atoms with Gasteiger partial charge in [0.1, 0.15) is 11.6 Å². The summed E-state index contributed by atoms with van der Waals surface area (Å²) in [6, 6.07) is 6.26. The number of carbonyl (C=O) groups is 1. The van der Waals surface area contributed by atoms with Crippen LogP contribution in [0.2, 0.25) is 0 Å². The number of nitrogens with two attached hydrogens (primary N) is 1. The van der Waals surface area contributed by atoms with Gasteiger partial charge in [-0.15, -0.1) is 0 Å². The number of carbonyl (C=O) groups excluding carboxylic acids is 1. The highest BCUT2D eigenvalue weighted by Crippen LogP contribution is 2.30. The average molecular weight is 480 g/mol. The first-order chi connectivity index (χ1) is 16.8. The number of fused-ring (bicyclic) bond motifs is 2. The Labute approximate surface area is 200 Å². The molecular weight excluding hydrogens is 453 g/mol. The molecule has 0 aliphatic heterocycles. The van der Waals surface area contributed by atoms with E-state index in [9.17, 15) is 14.3 Å². The zero-order valence-corrected chi connectivity index (χ0v) is 19.3. The van der Waals surface area contributed by atoms with Crippen LogP contribution in [-0.4, -0.2) is 55.6 Å². The lowest BCUT2D eigenvalue weighted by Crippen LogP contribution is -2.41. The summed E-state index contributed by atoms with van der Waals surface area (Å²) in [7, 11) is 1.70. The topological polar surface area (TPSA) is 140 Å². The Hall–Kier alpha value is -3.83. The first-order valence-electron chi connectivity index (χ1n) is 11.4. The quantitative estimate of drug-likeness (QED) is 0.317. The van der Waals surface area contributed by atoms with E-state index in [0.717, 1.165) is 0 Å². The molecule has 182 valence electrons. The van der Waals surface area contributed by atoms with Gasteiger partial charge in [-0.25, -0.2) is 9.37 Å². The van der Waals surface area contributed by atoms with E-state index >= 15 is 0 Å². The van der Waals surface area contributed by atoms with E-state index < -0.39 is 17.8 Å². The highest BCUT2D eigenvalue weighted by Gasteiger charge is 2.31. The van der Waals surface area contributed by atoms with Crippen LogP contribution in [0.5, 0.6) is 6.01 Å². The van der Waals surface area contributed by atoms with Crippen molar-refractivity contribution in [2.24, 2.45) is 12.8 Å². The molecule has 10 nitrogen and oxygen atoms in total. The summed E-state index contributed by atoms with van der Waals surface area (Å²) >= 11 is 0. The second-order valence-corrected chi connectivity index (χ2v) is 8.89. The van der Waals surface area contributed by atoms with Crippen molar-refractivity contribution >= 4 is 39.1 Å². The van der Waals surface area contributed by atoms with Gasteiger partial charge in [0.2, 0.25) is 0 Å². The molecule has 2 aromatic heterocycles. The van der Waals surface area contributed by atoms with Gasteiger partial charge in [-0.05, 0) is 44.0 Å². The predicted octanol–water partition coefficient (Wildman–Crippen LogP) is 2.57. The van der Waals surface area contributed by atoms with Gasteiger partial charge in [-0.2, -0.15) is 10.1 Å². The molecule has 5 rings (SSSR count). The maximum Gasteiger partial charge on any atom is 0.317 e. The maximum absolute atomic E-state index is 14.5. The number of aryl methyl sites for hydroxylation is 1. The van der Waals surface area contributed by atoms with Crippen molar-refractivity contribution in [3.8, 4) is 6.01 Å². The number of benzene rings is 2. The molecule has 3 atom stereocenters. The Bertz CT molecular complexity index is 1420. The summed E-state index contributed by atoms with van der Waals surface area (Å²) in [5.74, 6) is -1.000. The van der Waals surface area contributed by atoms with Gasteiger partial charge in [-0.1, -0.05) is 0 Å². The summed E-state index contributed by atoms with van der Waals surface area (Å²) in [4.78, 5) is 22.0. The molecule has 2 aromatic carbocycles. The minimum atomic E-state index is -0.562. The third-order valence-corrected chi connectivity index (χ3v) is 5.96. The molecule has 0 saturated heterocycles. The van der Waals surface area contributed by atoms with Crippen LogP contribution in [0.1, 0.15) is 30.1 Å². The average Bonchev–Trinajstić information content (AvgIpc) is 3.20. The lowest BCUT2D eigenvalue weighted by molar-refractivity contribution is -0.0404. The number of nitrogens with zero attached hydrogens (tertiary/aromatic N) is 4. The van der Waals surface area contributed by atoms with Crippen molar-refractivity contribution in [3.63, 3.8) is 0 Å². The minimum Gasteiger partial charge on any atom is -0.457 e. The van der Waals surface area contributed by atoms with Gasteiger partial charge in [-0.3, -0.25) is 9.48 Å². The molecule has 1 aliphatic rings. The van der Waals surface area contributed by atoms with E-state index in [2.05, 4.69) is 25.7 Å². The van der Waals surface area contributed by atoms with Crippen LogP contribution >= 0.6 is 0 Å². The van der Waals surface area contributed by atoms with Gasteiger partial charge in [0.15, 0.2) is 5.82 Å². The number of hydrogen-bond acceptors (Lipinski definition) is 8. The number of anilines is 2. The van der Waals surface area contributed by atoms with E-state index in [1.807, 2.05) is 6.92 Å². The number of aromatic nitrogens is 4. The molecule has 0 bridgehead atoms. The van der Waals surface area contributed by atoms with Crippen LogP contribution in [-0.2, 0) is 7.05 Å². The fourth-order valence-electron chi connectivity index (χ4n) is 3.98. The number of ether oxygens (including phenoxy) is 1. The van der Waals surface area contributed by atoms with Crippen molar-refractivity contribution in [2.75, 3.05) is 17.2 Å². The van der Waals surface area contributed by atoms with Crippen LogP contribution in [0.15, 0.2) is 36.7 Å². The molecular formula is C24H26FN7O3. The zero-order chi connectivity index (χ0) is 24.7. The Morgan fingerprint density at radius 2 is 2.17 bits per heavy atom. The zero-order valence-electron chi connectivity index (χ0n) is 19.3. The minimum absolute atomic E-state index is 0.0717. The van der Waals surface area contributed by atoms with Crippen molar-refractivity contribution in [1.82, 2.24) is 19.7 Å². The molecule has 0 radical (unpaired) electrons. The normalized spacial score (nSPS) is 18.3. The standard InChI is InChI=1S/C24H26FN7O3/c1-12(26)9-27-18-4-3-15(22-16(18)10-28-24(30-22)35-20-6-5-19(20)33)23(34)29-14-7-13-11-32(2)31-21(13)17(25)8-14/h3-4,7-8,10-12,19-20,27,33H,5-6,9,26H2,1-2H3,(H,29,34)/t12-,19?,20?/m1/s1. The van der Waals surface area contributed by atoms with Crippen LogP contribution in [0.25, 0.3) is 21.8 Å². The van der Waals surface area contributed by atoms with E-state index in [0.29, 0.717) is 47.1 Å². The first-order valence-corrected chi connectivity index (χ1v) is 11.4. The number of aliphatic hydroxyl groups is 1. The largest absolute Gasteiger partial charge is 0.457 e. The molecule has 2 heterocycles. The van der Waals surface area contributed by atoms with Gasteiger partial charge in [0, 0.05) is 54.2 Å². The van der Waals surface area contributed by atoms with Gasteiger partial charge in [0.05, 0.1) is 17.2 Å². The molecule has 4 aromatic rings. The lowest BCUT2D eigenvalue weighted by Gasteiger charge is -2.31. The molecule has 2 unspecified atom stereocenters. The molecule has 1 amide bonds. The monoisotopic (exact) mass is 479 g/mol. The molecule has 1 fully saturated rings. The third-order valence-electron chi connectivity index (χ3n) is 5.96. The lowest BCUT2D eigenvalue weighted by atomic mass is 9.92. The van der Waals surface area contributed by atoms with Gasteiger partial charge in [0.25, 0.3) is 5.91 Å². The second kappa shape index (κ2) is 9.08. The highest BCUT2D eigenvalue weighted by molar-refractivity contribution is 6.14. The number of nitrogens with one attached hydrogen (secondary N) is 2. The Balaban J connectivity index is 1.50. The van der Waals surface area contributed by atoms with E-state index in [1.54, 1.807) is 37.6 Å². The fourth-order valence-corrected chi connectivity index (χ4v) is 3.98. The van der Waals surface area contributed by atoms with Crippen molar-refractivity contribution < 1.29 is 19.0 Å². The Kier molecular flexibility index (Phi) is 5.95. The van der Waals surface area contributed by atoms with Crippen LogP contribution in [0.3, 0.4) is 0 Å². The molecule has 1 saturated carbocycles. The molecule has 5 N–H and O–H groups in total. The summed E-state index contributed by atoms with van der Waals surface area (Å²) in [6.45, 7) is 2.39. The van der Waals surface area contributed by atoms with E-state index in [-0.39, 0.29) is 29.2 Å². The summed E-state index contributed by atoms with van der Waals surface area (Å²) in [6.07, 6.45) is 3.67. The van der Waals surface area contributed by atoms with Crippen LogP contribution in [0, 0.1) is 5.82 Å². The fraction of sp³-hybridized carbons (Fsp3) is 0.333. The summed E-state index contributed by atoms with van der Waals surface area (Å²) < 4.78 is 21.7. The molecule has 1 aliphatic carbocycles. The van der Waals surface area contributed by atoms with Crippen LogP contribution < -0.4 is 21.1 Å². The van der Waals surface area contributed by atoms with Crippen molar-refractivity contribution in [2.45, 2.75) is 38.0 Å². The van der Waals surface area contributed by atoms with Crippen LogP contribution in [0.4, 0.5) is 15.8 Å². The number of aliphatic hydroxyl groups excluding tert-OH is 1. The number of halogens is 1. The second-order valence-electron chi connectivity index (χ2n) is 8.89. The number of rotatable bonds is 7. The SMILES string of the molecule is C[C@@H](N)CNc1ccc(C(=O)Nc2cc(F)c3nn(C)cc3c2)c2nc(OC3CCC3O)ncc12. The van der Waals surface area contributed by atoms with E-state index in [4.69, 9.17) is 10.5 Å². The highest BCUT2D eigenvalue weighted by atomic mass is 19.1. The van der Waals surface area contributed by atoms with Gasteiger partial charge >= 0.3 is 6.01 Å². The Morgan fingerprint density at radius 1 is 1.34 bits per heavy atom. The smallest absolute Gasteiger partial charge is 0.317 e. The molecule has 0 spiro atoms. The van der Waals surface area contributed by atoms with Gasteiger partial charge < -0.3 is 26.2 Å². The molecule has 35 heavy (non-hydrogen) atoms. The van der Waals surface area contributed by atoms with Crippen molar-refractivity contribution in [1.29, 1.82) is 0 Å². The first kappa shape index (κ1) is 22.9.